The number of carbonyl (C=O) groups is 1. The molecule has 1 aromatic rings. The van der Waals surface area contributed by atoms with E-state index in [9.17, 15) is 31.1 Å². The van der Waals surface area contributed by atoms with Crippen molar-refractivity contribution in [2.45, 2.75) is 12.1 Å². The highest BCUT2D eigenvalue weighted by Crippen LogP contribution is 2.39. The summed E-state index contributed by atoms with van der Waals surface area (Å²) < 4.78 is 75.5. The van der Waals surface area contributed by atoms with Crippen LogP contribution in [0.15, 0.2) is 18.2 Å². The second-order valence-electron chi connectivity index (χ2n) is 3.07. The standard InChI is InChI=1S/C9H4F6O2/c10-4-1-2-5(8(11,12)7(16)17)6(3-4)9(13,14)15/h1-3H,(H,16,17). The van der Waals surface area contributed by atoms with Gasteiger partial charge in [0.15, 0.2) is 0 Å². The molecular weight excluding hydrogens is 254 g/mol. The van der Waals surface area contributed by atoms with Gasteiger partial charge in [-0.15, -0.1) is 0 Å². The van der Waals surface area contributed by atoms with Gasteiger partial charge in [-0.3, -0.25) is 0 Å². The van der Waals surface area contributed by atoms with Crippen molar-refractivity contribution in [3.05, 3.63) is 35.1 Å². The Bertz CT molecular complexity index is 451. The normalized spacial score (nSPS) is 12.6. The molecule has 0 unspecified atom stereocenters. The highest BCUT2D eigenvalue weighted by Gasteiger charge is 2.48. The minimum Gasteiger partial charge on any atom is -0.477 e. The predicted molar refractivity (Wildman–Crippen MR) is 42.9 cm³/mol. The van der Waals surface area contributed by atoms with E-state index in [2.05, 4.69) is 0 Å². The van der Waals surface area contributed by atoms with Gasteiger partial charge < -0.3 is 5.11 Å². The number of carboxylic acids is 1. The van der Waals surface area contributed by atoms with Gasteiger partial charge in [0.2, 0.25) is 0 Å². The van der Waals surface area contributed by atoms with Crippen molar-refractivity contribution < 1.29 is 36.2 Å². The Labute approximate surface area is 90.5 Å². The Morgan fingerprint density at radius 2 is 1.59 bits per heavy atom. The number of carboxylic acid groups (broad SMARTS) is 1. The lowest BCUT2D eigenvalue weighted by Gasteiger charge is -2.17. The van der Waals surface area contributed by atoms with Crippen LogP contribution < -0.4 is 0 Å². The highest BCUT2D eigenvalue weighted by molar-refractivity contribution is 5.78. The first-order valence-electron chi connectivity index (χ1n) is 4.05. The molecule has 17 heavy (non-hydrogen) atoms. The van der Waals surface area contributed by atoms with Crippen LogP contribution in [0.2, 0.25) is 0 Å². The van der Waals surface area contributed by atoms with E-state index in [1.807, 2.05) is 0 Å². The molecule has 8 heteroatoms. The van der Waals surface area contributed by atoms with Gasteiger partial charge in [0.05, 0.1) is 5.56 Å². The summed E-state index contributed by atoms with van der Waals surface area (Å²) in [5.74, 6) is -8.87. The van der Waals surface area contributed by atoms with Gasteiger partial charge >= 0.3 is 18.1 Å². The summed E-state index contributed by atoms with van der Waals surface area (Å²) in [7, 11) is 0. The van der Waals surface area contributed by atoms with Gasteiger partial charge in [0.25, 0.3) is 0 Å². The molecule has 0 spiro atoms. The zero-order chi connectivity index (χ0) is 13.4. The molecule has 0 amide bonds. The molecular formula is C9H4F6O2. The molecule has 2 nitrogen and oxygen atoms in total. The molecule has 0 aliphatic carbocycles. The summed E-state index contributed by atoms with van der Waals surface area (Å²) >= 11 is 0. The second kappa shape index (κ2) is 3.94. The maximum atomic E-state index is 13.0. The molecule has 1 aromatic carbocycles. The summed E-state index contributed by atoms with van der Waals surface area (Å²) in [6.07, 6.45) is -5.27. The van der Waals surface area contributed by atoms with Gasteiger partial charge in [-0.25, -0.2) is 9.18 Å². The van der Waals surface area contributed by atoms with E-state index in [4.69, 9.17) is 5.11 Å². The zero-order valence-electron chi connectivity index (χ0n) is 7.86. The smallest absolute Gasteiger partial charge is 0.417 e. The minimum absolute atomic E-state index is 0.103. The fourth-order valence-electron chi connectivity index (χ4n) is 1.14. The van der Waals surface area contributed by atoms with E-state index in [0.29, 0.717) is 6.07 Å². The van der Waals surface area contributed by atoms with E-state index < -0.39 is 35.0 Å². The van der Waals surface area contributed by atoms with Crippen LogP contribution in [0.3, 0.4) is 0 Å². The third-order valence-corrected chi connectivity index (χ3v) is 1.89. The Morgan fingerprint density at radius 3 is 2.00 bits per heavy atom. The molecule has 0 aliphatic rings. The third-order valence-electron chi connectivity index (χ3n) is 1.89. The average molecular weight is 258 g/mol. The van der Waals surface area contributed by atoms with Crippen LogP contribution in [0.25, 0.3) is 0 Å². The average Bonchev–Trinajstić information content (AvgIpc) is 2.15. The summed E-state index contributed by atoms with van der Waals surface area (Å²) in [6, 6.07) is 0.264. The van der Waals surface area contributed by atoms with Crippen molar-refractivity contribution in [3.8, 4) is 0 Å². The van der Waals surface area contributed by atoms with E-state index >= 15 is 0 Å². The van der Waals surface area contributed by atoms with Crippen molar-refractivity contribution >= 4 is 5.97 Å². The molecule has 0 aromatic heterocycles. The van der Waals surface area contributed by atoms with E-state index in [0.717, 1.165) is 0 Å². The number of aliphatic carboxylic acids is 1. The number of benzene rings is 1. The van der Waals surface area contributed by atoms with Crippen molar-refractivity contribution in [1.29, 1.82) is 0 Å². The van der Waals surface area contributed by atoms with Crippen molar-refractivity contribution in [2.24, 2.45) is 0 Å². The van der Waals surface area contributed by atoms with E-state index in [1.54, 1.807) is 0 Å². The van der Waals surface area contributed by atoms with Crippen LogP contribution >= 0.6 is 0 Å². The summed E-state index contributed by atoms with van der Waals surface area (Å²) in [5.41, 5.74) is -3.80. The first kappa shape index (κ1) is 13.3. The van der Waals surface area contributed by atoms with Crippen molar-refractivity contribution in [1.82, 2.24) is 0 Å². The van der Waals surface area contributed by atoms with E-state index in [1.165, 1.54) is 0 Å². The Hall–Kier alpha value is -1.73. The van der Waals surface area contributed by atoms with Gasteiger partial charge in [-0.2, -0.15) is 22.0 Å². The molecule has 0 saturated carbocycles. The third kappa shape index (κ3) is 2.51. The topological polar surface area (TPSA) is 37.3 Å². The highest BCUT2D eigenvalue weighted by atomic mass is 19.4. The second-order valence-corrected chi connectivity index (χ2v) is 3.07. The van der Waals surface area contributed by atoms with Gasteiger partial charge in [0.1, 0.15) is 5.82 Å². The van der Waals surface area contributed by atoms with Crippen LogP contribution in [0, 0.1) is 5.82 Å². The van der Waals surface area contributed by atoms with Gasteiger partial charge in [-0.1, -0.05) is 0 Å². The Balaban J connectivity index is 3.50. The molecule has 0 radical (unpaired) electrons. The summed E-state index contributed by atoms with van der Waals surface area (Å²) in [6.45, 7) is 0. The van der Waals surface area contributed by atoms with Crippen LogP contribution in [-0.2, 0) is 16.9 Å². The Kier molecular flexibility index (Phi) is 3.09. The molecule has 0 saturated heterocycles. The maximum absolute atomic E-state index is 13.0. The van der Waals surface area contributed by atoms with E-state index in [-0.39, 0.29) is 12.1 Å². The van der Waals surface area contributed by atoms with Crippen LogP contribution in [0.5, 0.6) is 0 Å². The number of hydrogen-bond donors (Lipinski definition) is 1. The molecule has 0 bridgehead atoms. The molecule has 94 valence electrons. The first-order valence-corrected chi connectivity index (χ1v) is 4.05. The minimum atomic E-state index is -5.27. The number of alkyl halides is 5. The SMILES string of the molecule is O=C(O)C(F)(F)c1ccc(F)cc1C(F)(F)F. The van der Waals surface area contributed by atoms with Crippen molar-refractivity contribution in [2.75, 3.05) is 0 Å². The fraction of sp³-hybridized carbons (Fsp3) is 0.222. The lowest BCUT2D eigenvalue weighted by molar-refractivity contribution is -0.169. The maximum Gasteiger partial charge on any atom is 0.417 e. The summed E-state index contributed by atoms with van der Waals surface area (Å²) in [5, 5.41) is 8.14. The monoisotopic (exact) mass is 258 g/mol. The lowest BCUT2D eigenvalue weighted by atomic mass is 10.0. The number of hydrogen-bond acceptors (Lipinski definition) is 1. The van der Waals surface area contributed by atoms with Crippen molar-refractivity contribution in [3.63, 3.8) is 0 Å². The number of halogens is 6. The molecule has 0 aliphatic heterocycles. The molecule has 1 N–H and O–H groups in total. The summed E-state index contributed by atoms with van der Waals surface area (Å²) in [4.78, 5) is 10.2. The van der Waals surface area contributed by atoms with Gasteiger partial charge in [0, 0.05) is 5.56 Å². The molecule has 0 fully saturated rings. The quantitative estimate of drug-likeness (QED) is 0.828. The molecule has 0 heterocycles. The lowest BCUT2D eigenvalue weighted by Crippen LogP contribution is -2.28. The Morgan fingerprint density at radius 1 is 1.06 bits per heavy atom. The first-order chi connectivity index (χ1) is 7.56. The van der Waals surface area contributed by atoms with Crippen LogP contribution in [0.1, 0.15) is 11.1 Å². The number of rotatable bonds is 2. The molecule has 0 atom stereocenters. The zero-order valence-corrected chi connectivity index (χ0v) is 7.86. The largest absolute Gasteiger partial charge is 0.477 e. The van der Waals surface area contributed by atoms with Crippen LogP contribution in [-0.4, -0.2) is 11.1 Å². The molecule has 1 rings (SSSR count). The van der Waals surface area contributed by atoms with Gasteiger partial charge in [-0.05, 0) is 18.2 Å². The predicted octanol–water partition coefficient (Wildman–Crippen LogP) is 3.02. The fourth-order valence-corrected chi connectivity index (χ4v) is 1.14. The van der Waals surface area contributed by atoms with Crippen LogP contribution in [0.4, 0.5) is 26.3 Å².